The molecule has 0 radical (unpaired) electrons. The minimum absolute atomic E-state index is 0.123. The van der Waals surface area contributed by atoms with E-state index in [1.54, 1.807) is 0 Å². The molecule has 0 amide bonds. The molecule has 24 heavy (non-hydrogen) atoms. The molecule has 2 nitrogen and oxygen atoms in total. The van der Waals surface area contributed by atoms with Crippen LogP contribution in [0.1, 0.15) is 74.4 Å². The van der Waals surface area contributed by atoms with Crippen LogP contribution in [0, 0.1) is 0 Å². The first-order valence-corrected chi connectivity index (χ1v) is 8.42. The largest absolute Gasteiger partial charge is 0.416 e. The predicted octanol–water partition coefficient (Wildman–Crippen LogP) is 6.08. The van der Waals surface area contributed by atoms with Gasteiger partial charge in [-0.25, -0.2) is 0 Å². The number of benzene rings is 1. The minimum atomic E-state index is -4.47. The average molecular weight is 339 g/mol. The highest BCUT2D eigenvalue weighted by Gasteiger charge is 2.33. The number of hydrogen-bond donors (Lipinski definition) is 1. The highest BCUT2D eigenvalue weighted by molar-refractivity contribution is 6.00. The van der Waals surface area contributed by atoms with Crippen LogP contribution < -0.4 is 5.32 Å². The number of carbonyl (C=O) groups is 1. The molecule has 132 valence electrons. The van der Waals surface area contributed by atoms with E-state index in [1.165, 1.54) is 6.92 Å². The van der Waals surface area contributed by atoms with E-state index < -0.39 is 11.7 Å². The van der Waals surface area contributed by atoms with Gasteiger partial charge >= 0.3 is 6.18 Å². The molecular formula is C19H24F3NO. The normalized spacial score (nSPS) is 16.5. The molecule has 1 aliphatic carbocycles. The van der Waals surface area contributed by atoms with Crippen molar-refractivity contribution >= 4 is 17.5 Å². The number of rotatable bonds is 5. The first kappa shape index (κ1) is 18.6. The van der Waals surface area contributed by atoms with Crippen LogP contribution in [-0.2, 0) is 6.18 Å². The molecule has 0 aromatic heterocycles. The van der Waals surface area contributed by atoms with Crippen molar-refractivity contribution in [1.29, 1.82) is 0 Å². The van der Waals surface area contributed by atoms with E-state index in [-0.39, 0.29) is 17.4 Å². The molecule has 0 atom stereocenters. The molecule has 1 aliphatic rings. The third kappa shape index (κ3) is 4.40. The van der Waals surface area contributed by atoms with Crippen molar-refractivity contribution in [2.24, 2.45) is 0 Å². The number of ketones is 1. The van der Waals surface area contributed by atoms with Crippen molar-refractivity contribution in [2.45, 2.75) is 65.1 Å². The van der Waals surface area contributed by atoms with Crippen molar-refractivity contribution in [3.8, 4) is 0 Å². The molecule has 1 N–H and O–H groups in total. The maximum Gasteiger partial charge on any atom is 0.416 e. The maximum absolute atomic E-state index is 13.2. The predicted molar refractivity (Wildman–Crippen MR) is 91.3 cm³/mol. The third-order valence-electron chi connectivity index (χ3n) is 4.55. The lowest BCUT2D eigenvalue weighted by molar-refractivity contribution is -0.137. The van der Waals surface area contributed by atoms with Gasteiger partial charge in [-0.05, 0) is 45.2 Å². The van der Waals surface area contributed by atoms with Gasteiger partial charge in [0.2, 0.25) is 0 Å². The first-order chi connectivity index (χ1) is 11.2. The highest BCUT2D eigenvalue weighted by Crippen LogP contribution is 2.36. The molecule has 1 aromatic rings. The van der Waals surface area contributed by atoms with E-state index in [1.807, 2.05) is 19.9 Å². The van der Waals surface area contributed by atoms with E-state index in [0.717, 1.165) is 49.8 Å². The average Bonchev–Trinajstić information content (AvgIpc) is 3.00. The molecule has 0 unspecified atom stereocenters. The lowest BCUT2D eigenvalue weighted by atomic mass is 9.96. The summed E-state index contributed by atoms with van der Waals surface area (Å²) in [5, 5.41) is 3.25. The monoisotopic (exact) mass is 339 g/mol. The van der Waals surface area contributed by atoms with Crippen molar-refractivity contribution in [3.05, 3.63) is 34.4 Å². The fraction of sp³-hybridized carbons (Fsp3) is 0.526. The number of alkyl halides is 3. The second-order valence-electron chi connectivity index (χ2n) is 6.51. The number of nitrogens with one attached hydrogen (secondary N) is 1. The second kappa shape index (κ2) is 7.41. The molecule has 1 fully saturated rings. The second-order valence-corrected chi connectivity index (χ2v) is 6.51. The SMILES string of the molecule is CC/C(C)=C/c1c(NC2CCCC2)cc(C(F)(F)F)cc1C(C)=O. The topological polar surface area (TPSA) is 29.1 Å². The summed E-state index contributed by atoms with van der Waals surface area (Å²) in [7, 11) is 0. The zero-order chi connectivity index (χ0) is 17.9. The van der Waals surface area contributed by atoms with Gasteiger partial charge in [-0.15, -0.1) is 0 Å². The van der Waals surface area contributed by atoms with E-state index >= 15 is 0 Å². The van der Waals surface area contributed by atoms with Gasteiger partial charge in [0.05, 0.1) is 5.56 Å². The molecule has 5 heteroatoms. The Kier molecular flexibility index (Phi) is 5.73. The third-order valence-corrected chi connectivity index (χ3v) is 4.55. The molecule has 2 rings (SSSR count). The first-order valence-electron chi connectivity index (χ1n) is 8.42. The molecule has 0 heterocycles. The van der Waals surface area contributed by atoms with E-state index in [4.69, 9.17) is 0 Å². The van der Waals surface area contributed by atoms with Crippen LogP contribution in [0.5, 0.6) is 0 Å². The number of anilines is 1. The summed E-state index contributed by atoms with van der Waals surface area (Å²) in [5.41, 5.74) is 1.35. The maximum atomic E-state index is 13.2. The van der Waals surface area contributed by atoms with Crippen LogP contribution in [0.3, 0.4) is 0 Å². The van der Waals surface area contributed by atoms with Crippen molar-refractivity contribution < 1.29 is 18.0 Å². The number of carbonyl (C=O) groups excluding carboxylic acids is 1. The number of halogens is 3. The molecule has 0 bridgehead atoms. The molecule has 1 aromatic carbocycles. The summed E-state index contributed by atoms with van der Waals surface area (Å²) >= 11 is 0. The Morgan fingerprint density at radius 1 is 1.25 bits per heavy atom. The van der Waals surface area contributed by atoms with Crippen LogP contribution in [0.4, 0.5) is 18.9 Å². The Morgan fingerprint density at radius 2 is 1.88 bits per heavy atom. The van der Waals surface area contributed by atoms with Gasteiger partial charge in [-0.3, -0.25) is 4.79 Å². The summed E-state index contributed by atoms with van der Waals surface area (Å²) in [6.45, 7) is 5.21. The van der Waals surface area contributed by atoms with E-state index in [9.17, 15) is 18.0 Å². The minimum Gasteiger partial charge on any atom is -0.382 e. The Bertz CT molecular complexity index is 641. The lowest BCUT2D eigenvalue weighted by Crippen LogP contribution is -2.18. The van der Waals surface area contributed by atoms with Gasteiger partial charge in [0.25, 0.3) is 0 Å². The van der Waals surface area contributed by atoms with Crippen LogP contribution >= 0.6 is 0 Å². The van der Waals surface area contributed by atoms with Gasteiger partial charge in [0, 0.05) is 22.9 Å². The highest BCUT2D eigenvalue weighted by atomic mass is 19.4. The zero-order valence-corrected chi connectivity index (χ0v) is 14.4. The van der Waals surface area contributed by atoms with Gasteiger partial charge < -0.3 is 5.32 Å². The Morgan fingerprint density at radius 3 is 2.38 bits per heavy atom. The summed E-state index contributed by atoms with van der Waals surface area (Å²) < 4.78 is 39.7. The molecule has 1 saturated carbocycles. The smallest absolute Gasteiger partial charge is 0.382 e. The van der Waals surface area contributed by atoms with Gasteiger partial charge in [0.15, 0.2) is 5.78 Å². The summed E-state index contributed by atoms with van der Waals surface area (Å²) in [5.74, 6) is -0.356. The van der Waals surface area contributed by atoms with Gasteiger partial charge in [-0.1, -0.05) is 31.4 Å². The number of hydrogen-bond acceptors (Lipinski definition) is 2. The zero-order valence-electron chi connectivity index (χ0n) is 14.4. The van der Waals surface area contributed by atoms with Crippen molar-refractivity contribution in [3.63, 3.8) is 0 Å². The molecular weight excluding hydrogens is 315 g/mol. The van der Waals surface area contributed by atoms with Crippen LogP contribution in [-0.4, -0.2) is 11.8 Å². The Hall–Kier alpha value is -1.78. The summed E-state index contributed by atoms with van der Waals surface area (Å²) in [6.07, 6.45) is 2.18. The number of Topliss-reactive ketones (excluding diaryl/α,β-unsaturated/α-hetero) is 1. The van der Waals surface area contributed by atoms with Crippen LogP contribution in [0.2, 0.25) is 0 Å². The van der Waals surface area contributed by atoms with Crippen molar-refractivity contribution in [2.75, 3.05) is 5.32 Å². The van der Waals surface area contributed by atoms with Gasteiger partial charge in [-0.2, -0.15) is 13.2 Å². The van der Waals surface area contributed by atoms with E-state index in [2.05, 4.69) is 5.32 Å². The lowest BCUT2D eigenvalue weighted by Gasteiger charge is -2.20. The number of allylic oxidation sites excluding steroid dienone is 1. The summed E-state index contributed by atoms with van der Waals surface area (Å²) in [4.78, 5) is 12.0. The summed E-state index contributed by atoms with van der Waals surface area (Å²) in [6, 6.07) is 2.28. The Balaban J connectivity index is 2.60. The van der Waals surface area contributed by atoms with Crippen LogP contribution in [0.15, 0.2) is 17.7 Å². The molecule has 0 aliphatic heterocycles. The fourth-order valence-corrected chi connectivity index (χ4v) is 3.02. The standard InChI is InChI=1S/C19H24F3NO/c1-4-12(2)9-17-16(13(3)24)10-14(19(20,21)22)11-18(17)23-15-7-5-6-8-15/h9-11,15,23H,4-8H2,1-3H3/b12-9+. The van der Waals surface area contributed by atoms with Crippen molar-refractivity contribution in [1.82, 2.24) is 0 Å². The Labute approximate surface area is 141 Å². The molecule has 0 saturated heterocycles. The fourth-order valence-electron chi connectivity index (χ4n) is 3.02. The van der Waals surface area contributed by atoms with Crippen LogP contribution in [0.25, 0.3) is 6.08 Å². The quantitative estimate of drug-likeness (QED) is 0.659. The van der Waals surface area contributed by atoms with Gasteiger partial charge in [0.1, 0.15) is 0 Å². The van der Waals surface area contributed by atoms with E-state index in [0.29, 0.717) is 11.3 Å². The molecule has 0 spiro atoms.